The Kier molecular flexibility index (Phi) is 6.50. The fourth-order valence-corrected chi connectivity index (χ4v) is 3.75. The zero-order chi connectivity index (χ0) is 22.7. The summed E-state index contributed by atoms with van der Waals surface area (Å²) in [7, 11) is 3.86. The molecule has 0 aliphatic carbocycles. The quantitative estimate of drug-likeness (QED) is 0.241. The molecule has 3 rings (SSSR count). The topological polar surface area (TPSA) is 104 Å². The first-order valence-electron chi connectivity index (χ1n) is 9.95. The predicted octanol–water partition coefficient (Wildman–Crippen LogP) is 3.28. The molecule has 2 aromatic carbocycles. The number of likely N-dealkylation sites (tertiary alicyclic amines) is 1. The van der Waals surface area contributed by atoms with Crippen molar-refractivity contribution in [2.75, 3.05) is 27.2 Å². The molecule has 0 saturated carbocycles. The van der Waals surface area contributed by atoms with Gasteiger partial charge in [0.1, 0.15) is 5.76 Å². The average Bonchev–Trinajstić information content (AvgIpc) is 2.98. The molecule has 1 unspecified atom stereocenters. The Labute approximate surface area is 180 Å². The number of nitro benzene ring substituents is 1. The molecule has 8 heteroatoms. The van der Waals surface area contributed by atoms with Crippen LogP contribution < -0.4 is 0 Å². The van der Waals surface area contributed by atoms with E-state index in [1.807, 2.05) is 50.2 Å². The number of benzene rings is 2. The Morgan fingerprint density at radius 1 is 1.16 bits per heavy atom. The van der Waals surface area contributed by atoms with Crippen LogP contribution in [0.4, 0.5) is 5.69 Å². The molecule has 2 aromatic rings. The van der Waals surface area contributed by atoms with Crippen LogP contribution in [0.2, 0.25) is 0 Å². The Morgan fingerprint density at radius 3 is 2.42 bits per heavy atom. The van der Waals surface area contributed by atoms with Crippen molar-refractivity contribution in [2.45, 2.75) is 19.4 Å². The number of non-ortho nitro benzene ring substituents is 1. The molecule has 1 atom stereocenters. The van der Waals surface area contributed by atoms with Crippen LogP contribution in [0.5, 0.6) is 0 Å². The highest BCUT2D eigenvalue weighted by molar-refractivity contribution is 6.46. The molecule has 31 heavy (non-hydrogen) atoms. The van der Waals surface area contributed by atoms with Crippen molar-refractivity contribution in [3.63, 3.8) is 0 Å². The van der Waals surface area contributed by atoms with Gasteiger partial charge in [0.25, 0.3) is 17.4 Å². The van der Waals surface area contributed by atoms with Gasteiger partial charge in [0, 0.05) is 24.2 Å². The van der Waals surface area contributed by atoms with Gasteiger partial charge in [-0.3, -0.25) is 19.7 Å². The van der Waals surface area contributed by atoms with Crippen molar-refractivity contribution < 1.29 is 19.6 Å². The lowest BCUT2D eigenvalue weighted by molar-refractivity contribution is -0.384. The van der Waals surface area contributed by atoms with Gasteiger partial charge in [-0.05, 0) is 51.7 Å². The number of amides is 1. The molecule has 1 N–H and O–H groups in total. The average molecular weight is 423 g/mol. The number of aliphatic hydroxyl groups excluding tert-OH is 1. The highest BCUT2D eigenvalue weighted by Gasteiger charge is 2.45. The summed E-state index contributed by atoms with van der Waals surface area (Å²) in [6.07, 6.45) is 0.667. The minimum atomic E-state index is -0.757. The van der Waals surface area contributed by atoms with Gasteiger partial charge in [-0.2, -0.15) is 0 Å². The number of aryl methyl sites for hydroxylation is 1. The van der Waals surface area contributed by atoms with Crippen molar-refractivity contribution in [3.8, 4) is 0 Å². The van der Waals surface area contributed by atoms with Crippen molar-refractivity contribution in [1.29, 1.82) is 0 Å². The zero-order valence-corrected chi connectivity index (χ0v) is 17.7. The van der Waals surface area contributed by atoms with Gasteiger partial charge >= 0.3 is 0 Å². The number of carbonyl (C=O) groups is 2. The van der Waals surface area contributed by atoms with Gasteiger partial charge in [0.05, 0.1) is 16.5 Å². The first-order valence-corrected chi connectivity index (χ1v) is 9.95. The monoisotopic (exact) mass is 423 g/mol. The first-order chi connectivity index (χ1) is 14.7. The highest BCUT2D eigenvalue weighted by atomic mass is 16.6. The van der Waals surface area contributed by atoms with Gasteiger partial charge in [-0.15, -0.1) is 0 Å². The molecule has 1 aliphatic rings. The number of nitro groups is 1. The van der Waals surface area contributed by atoms with E-state index in [2.05, 4.69) is 0 Å². The molecule has 0 bridgehead atoms. The standard InChI is InChI=1S/C23H25N3O5/c1-15-6-4-7-17(14-15)20-19(21(27)16-8-10-18(11-9-16)26(30)31)22(28)23(29)25(20)13-5-12-24(2)3/h4,6-11,14,20,27H,5,12-13H2,1-3H3/b21-19-. The molecule has 162 valence electrons. The molecule has 0 radical (unpaired) electrons. The Morgan fingerprint density at radius 2 is 1.84 bits per heavy atom. The largest absolute Gasteiger partial charge is 0.507 e. The van der Waals surface area contributed by atoms with E-state index in [1.54, 1.807) is 0 Å². The molecular weight excluding hydrogens is 398 g/mol. The molecule has 1 heterocycles. The van der Waals surface area contributed by atoms with E-state index in [1.165, 1.54) is 29.2 Å². The Hall–Kier alpha value is -3.52. The number of nitrogens with zero attached hydrogens (tertiary/aromatic N) is 3. The van der Waals surface area contributed by atoms with E-state index in [4.69, 9.17) is 0 Å². The second kappa shape index (κ2) is 9.09. The maximum Gasteiger partial charge on any atom is 0.295 e. The van der Waals surface area contributed by atoms with Crippen LogP contribution >= 0.6 is 0 Å². The van der Waals surface area contributed by atoms with Crippen LogP contribution in [0.25, 0.3) is 5.76 Å². The van der Waals surface area contributed by atoms with Crippen molar-refractivity contribution in [2.24, 2.45) is 0 Å². The van der Waals surface area contributed by atoms with Crippen LogP contribution in [-0.4, -0.2) is 58.7 Å². The molecule has 8 nitrogen and oxygen atoms in total. The summed E-state index contributed by atoms with van der Waals surface area (Å²) in [4.78, 5) is 39.7. The van der Waals surface area contributed by atoms with E-state index in [0.717, 1.165) is 17.7 Å². The highest BCUT2D eigenvalue weighted by Crippen LogP contribution is 2.39. The molecule has 1 saturated heterocycles. The van der Waals surface area contributed by atoms with Crippen molar-refractivity contribution >= 4 is 23.1 Å². The van der Waals surface area contributed by atoms with Gasteiger partial charge in [0.2, 0.25) is 0 Å². The summed E-state index contributed by atoms with van der Waals surface area (Å²) in [6.45, 7) is 3.02. The molecular formula is C23H25N3O5. The smallest absolute Gasteiger partial charge is 0.295 e. The second-order valence-corrected chi connectivity index (χ2v) is 7.87. The molecule has 1 fully saturated rings. The van der Waals surface area contributed by atoms with Gasteiger partial charge < -0.3 is 14.9 Å². The third kappa shape index (κ3) is 4.64. The first kappa shape index (κ1) is 22.2. The van der Waals surface area contributed by atoms with Crippen LogP contribution in [0, 0.1) is 17.0 Å². The summed E-state index contributed by atoms with van der Waals surface area (Å²) in [5, 5.41) is 21.9. The zero-order valence-electron chi connectivity index (χ0n) is 17.7. The second-order valence-electron chi connectivity index (χ2n) is 7.87. The van der Waals surface area contributed by atoms with Gasteiger partial charge in [-0.1, -0.05) is 29.8 Å². The maximum atomic E-state index is 12.9. The van der Waals surface area contributed by atoms with Crippen LogP contribution in [0.3, 0.4) is 0 Å². The number of hydrogen-bond donors (Lipinski definition) is 1. The number of ketones is 1. The van der Waals surface area contributed by atoms with E-state index >= 15 is 0 Å². The lowest BCUT2D eigenvalue weighted by atomic mass is 9.94. The van der Waals surface area contributed by atoms with Crippen LogP contribution in [-0.2, 0) is 9.59 Å². The van der Waals surface area contributed by atoms with E-state index in [0.29, 0.717) is 13.0 Å². The minimum absolute atomic E-state index is 0.00527. The van der Waals surface area contributed by atoms with Crippen molar-refractivity contribution in [3.05, 3.63) is 80.9 Å². The SMILES string of the molecule is Cc1cccc(C2/C(=C(/O)c3ccc([N+](=O)[O-])cc3)C(=O)C(=O)N2CCCN(C)C)c1. The molecule has 1 amide bonds. The van der Waals surface area contributed by atoms with E-state index < -0.39 is 22.7 Å². The minimum Gasteiger partial charge on any atom is -0.507 e. The van der Waals surface area contributed by atoms with E-state index in [9.17, 15) is 24.8 Å². The third-order valence-electron chi connectivity index (χ3n) is 5.25. The lowest BCUT2D eigenvalue weighted by Gasteiger charge is -2.26. The molecule has 0 spiro atoms. The number of Topliss-reactive ketones (excluding diaryl/α,β-unsaturated/α-hetero) is 1. The summed E-state index contributed by atoms with van der Waals surface area (Å²) in [5.74, 6) is -1.75. The number of rotatable bonds is 7. The van der Waals surface area contributed by atoms with Crippen molar-refractivity contribution in [1.82, 2.24) is 9.80 Å². The summed E-state index contributed by atoms with van der Waals surface area (Å²) < 4.78 is 0. The van der Waals surface area contributed by atoms with Gasteiger partial charge in [-0.25, -0.2) is 0 Å². The van der Waals surface area contributed by atoms with Gasteiger partial charge in [0.15, 0.2) is 0 Å². The maximum absolute atomic E-state index is 12.9. The molecule has 0 aromatic heterocycles. The third-order valence-corrected chi connectivity index (χ3v) is 5.25. The van der Waals surface area contributed by atoms with E-state index in [-0.39, 0.29) is 22.6 Å². The number of hydrogen-bond acceptors (Lipinski definition) is 6. The summed E-state index contributed by atoms with van der Waals surface area (Å²) in [6, 6.07) is 12.0. The lowest BCUT2D eigenvalue weighted by Crippen LogP contribution is -2.32. The Balaban J connectivity index is 2.08. The Bertz CT molecular complexity index is 1040. The predicted molar refractivity (Wildman–Crippen MR) is 116 cm³/mol. The fourth-order valence-electron chi connectivity index (χ4n) is 3.75. The normalized spacial score (nSPS) is 18.1. The number of carbonyl (C=O) groups excluding carboxylic acids is 2. The van der Waals surface area contributed by atoms with Crippen LogP contribution in [0.1, 0.15) is 29.2 Å². The fraction of sp³-hybridized carbons (Fsp3) is 0.304. The van der Waals surface area contributed by atoms with Crippen LogP contribution in [0.15, 0.2) is 54.1 Å². The number of aliphatic hydroxyl groups is 1. The summed E-state index contributed by atoms with van der Waals surface area (Å²) >= 11 is 0. The molecule has 1 aliphatic heterocycles. The summed E-state index contributed by atoms with van der Waals surface area (Å²) in [5.41, 5.74) is 1.80.